The summed E-state index contributed by atoms with van der Waals surface area (Å²) in [6.07, 6.45) is 4.52. The van der Waals surface area contributed by atoms with Crippen molar-refractivity contribution in [1.82, 2.24) is 14.0 Å². The fourth-order valence-electron chi connectivity index (χ4n) is 3.22. The number of nitrogen functional groups attached to an aromatic ring is 1. The Labute approximate surface area is 138 Å². The number of aromatic nitrogens is 2. The third-order valence-electron chi connectivity index (χ3n) is 4.36. The molecule has 0 spiro atoms. The summed E-state index contributed by atoms with van der Waals surface area (Å²) in [5.41, 5.74) is 8.52. The molecule has 2 aromatic rings. The number of fused-ring (bicyclic) bond motifs is 1. The van der Waals surface area contributed by atoms with Crippen LogP contribution in [0.5, 0.6) is 0 Å². The molecule has 0 atom stereocenters. The molecule has 1 heterocycles. The molecule has 2 N–H and O–H groups in total. The Bertz CT molecular complexity index is 680. The van der Waals surface area contributed by atoms with Gasteiger partial charge in [-0.3, -0.25) is 9.13 Å². The number of imidazole rings is 1. The Morgan fingerprint density at radius 1 is 1.04 bits per heavy atom. The van der Waals surface area contributed by atoms with E-state index < -0.39 is 0 Å². The monoisotopic (exact) mass is 318 g/mol. The van der Waals surface area contributed by atoms with Gasteiger partial charge in [-0.2, -0.15) is 0 Å². The Balaban J connectivity index is 2.01. The van der Waals surface area contributed by atoms with Gasteiger partial charge in [-0.1, -0.05) is 13.8 Å². The highest BCUT2D eigenvalue weighted by Gasteiger charge is 2.10. The van der Waals surface area contributed by atoms with Gasteiger partial charge in [0.05, 0.1) is 11.0 Å². The molecule has 1 aromatic heterocycles. The third kappa shape index (κ3) is 4.16. The van der Waals surface area contributed by atoms with Crippen LogP contribution in [-0.2, 0) is 13.6 Å². The number of unbranched alkanes of at least 4 members (excludes halogenated alkanes) is 1. The minimum atomic E-state index is 0.0459. The van der Waals surface area contributed by atoms with Crippen LogP contribution in [0.25, 0.3) is 11.0 Å². The van der Waals surface area contributed by atoms with E-state index in [4.69, 9.17) is 5.73 Å². The predicted molar refractivity (Wildman–Crippen MR) is 97.8 cm³/mol. The third-order valence-corrected chi connectivity index (χ3v) is 4.36. The summed E-state index contributed by atoms with van der Waals surface area (Å²) in [5, 5.41) is 0. The molecule has 1 aromatic carbocycles. The predicted octanol–water partition coefficient (Wildman–Crippen LogP) is 2.82. The van der Waals surface area contributed by atoms with Crippen LogP contribution in [0.1, 0.15) is 39.5 Å². The molecule has 5 nitrogen and oxygen atoms in total. The van der Waals surface area contributed by atoms with Gasteiger partial charge in [-0.05, 0) is 63.5 Å². The second kappa shape index (κ2) is 8.20. The number of hydrogen-bond acceptors (Lipinski definition) is 3. The second-order valence-corrected chi connectivity index (χ2v) is 6.29. The molecule has 0 radical (unpaired) electrons. The summed E-state index contributed by atoms with van der Waals surface area (Å²) in [5.74, 6) is 0. The zero-order valence-corrected chi connectivity index (χ0v) is 14.7. The Hall–Kier alpha value is -1.75. The topological polar surface area (TPSA) is 56.2 Å². The fraction of sp³-hybridized carbons (Fsp3) is 0.611. The number of nitrogens with two attached hydrogens (primary N) is 1. The lowest BCUT2D eigenvalue weighted by atomic mass is 10.2. The maximum atomic E-state index is 12.4. The van der Waals surface area contributed by atoms with Gasteiger partial charge in [0.15, 0.2) is 0 Å². The summed E-state index contributed by atoms with van der Waals surface area (Å²) in [6, 6.07) is 5.67. The first-order valence-corrected chi connectivity index (χ1v) is 8.75. The molecule has 0 aliphatic carbocycles. The van der Waals surface area contributed by atoms with Crippen molar-refractivity contribution in [3.8, 4) is 0 Å². The van der Waals surface area contributed by atoms with Crippen LogP contribution in [0.4, 0.5) is 5.69 Å². The number of benzene rings is 1. The average molecular weight is 318 g/mol. The van der Waals surface area contributed by atoms with Crippen LogP contribution in [0.3, 0.4) is 0 Å². The van der Waals surface area contributed by atoms with Gasteiger partial charge < -0.3 is 10.6 Å². The first-order chi connectivity index (χ1) is 11.1. The summed E-state index contributed by atoms with van der Waals surface area (Å²) in [7, 11) is 1.82. The van der Waals surface area contributed by atoms with Crippen molar-refractivity contribution in [2.24, 2.45) is 7.05 Å². The van der Waals surface area contributed by atoms with E-state index in [0.29, 0.717) is 5.69 Å². The maximum Gasteiger partial charge on any atom is 0.328 e. The summed E-state index contributed by atoms with van der Waals surface area (Å²) in [4.78, 5) is 14.9. The maximum absolute atomic E-state index is 12.4. The molecule has 0 bridgehead atoms. The average Bonchev–Trinajstić information content (AvgIpc) is 2.76. The first-order valence-electron chi connectivity index (χ1n) is 8.75. The van der Waals surface area contributed by atoms with Gasteiger partial charge in [0.2, 0.25) is 0 Å². The number of nitrogens with zero attached hydrogens (tertiary/aromatic N) is 3. The van der Waals surface area contributed by atoms with E-state index in [0.717, 1.165) is 37.0 Å². The standard InChI is InChI=1S/C18H30N4O/c1-4-10-21(11-5-2)12-6-7-13-22-17-14-15(19)8-9-16(17)20(3)18(22)23/h8-9,14H,4-7,10-13,19H2,1-3H3. The van der Waals surface area contributed by atoms with Crippen molar-refractivity contribution < 1.29 is 0 Å². The van der Waals surface area contributed by atoms with Gasteiger partial charge in [0.25, 0.3) is 0 Å². The minimum absolute atomic E-state index is 0.0459. The van der Waals surface area contributed by atoms with Gasteiger partial charge >= 0.3 is 5.69 Å². The summed E-state index contributed by atoms with van der Waals surface area (Å²) >= 11 is 0. The SMILES string of the molecule is CCCN(CCC)CCCCn1c(=O)n(C)c2ccc(N)cc21. The van der Waals surface area contributed by atoms with Crippen molar-refractivity contribution in [3.63, 3.8) is 0 Å². The molecule has 0 saturated carbocycles. The van der Waals surface area contributed by atoms with Crippen LogP contribution in [0.15, 0.2) is 23.0 Å². The lowest BCUT2D eigenvalue weighted by molar-refractivity contribution is 0.267. The van der Waals surface area contributed by atoms with Crippen LogP contribution < -0.4 is 11.4 Å². The van der Waals surface area contributed by atoms with E-state index in [1.807, 2.05) is 29.8 Å². The van der Waals surface area contributed by atoms with Gasteiger partial charge in [0, 0.05) is 19.3 Å². The van der Waals surface area contributed by atoms with Crippen molar-refractivity contribution >= 4 is 16.7 Å². The lowest BCUT2D eigenvalue weighted by Gasteiger charge is -2.20. The number of hydrogen-bond donors (Lipinski definition) is 1. The number of rotatable bonds is 9. The highest BCUT2D eigenvalue weighted by atomic mass is 16.1. The molecule has 0 aliphatic heterocycles. The fourth-order valence-corrected chi connectivity index (χ4v) is 3.22. The zero-order valence-electron chi connectivity index (χ0n) is 14.7. The van der Waals surface area contributed by atoms with E-state index in [9.17, 15) is 4.79 Å². The normalized spacial score (nSPS) is 11.7. The number of anilines is 1. The van der Waals surface area contributed by atoms with E-state index in [1.54, 1.807) is 4.57 Å². The highest BCUT2D eigenvalue weighted by Crippen LogP contribution is 2.16. The van der Waals surface area contributed by atoms with Crippen molar-refractivity contribution in [1.29, 1.82) is 0 Å². The summed E-state index contributed by atoms with van der Waals surface area (Å²) < 4.78 is 3.56. The Kier molecular flexibility index (Phi) is 6.28. The molecule has 23 heavy (non-hydrogen) atoms. The highest BCUT2D eigenvalue weighted by molar-refractivity contribution is 5.79. The van der Waals surface area contributed by atoms with E-state index in [1.165, 1.54) is 25.9 Å². The molecule has 0 fully saturated rings. The van der Waals surface area contributed by atoms with Crippen molar-refractivity contribution in [2.75, 3.05) is 25.4 Å². The molecule has 0 amide bonds. The molecule has 0 unspecified atom stereocenters. The number of aryl methyl sites for hydroxylation is 2. The smallest absolute Gasteiger partial charge is 0.328 e. The molecule has 5 heteroatoms. The lowest BCUT2D eigenvalue weighted by Crippen LogP contribution is -2.27. The Morgan fingerprint density at radius 2 is 1.74 bits per heavy atom. The molecular formula is C18H30N4O. The van der Waals surface area contributed by atoms with Crippen LogP contribution in [0, 0.1) is 0 Å². The largest absolute Gasteiger partial charge is 0.399 e. The molecular weight excluding hydrogens is 288 g/mol. The van der Waals surface area contributed by atoms with Crippen LogP contribution in [-0.4, -0.2) is 33.7 Å². The molecule has 0 aliphatic rings. The molecule has 2 rings (SSSR count). The van der Waals surface area contributed by atoms with E-state index in [-0.39, 0.29) is 5.69 Å². The minimum Gasteiger partial charge on any atom is -0.399 e. The molecule has 0 saturated heterocycles. The molecule has 128 valence electrons. The van der Waals surface area contributed by atoms with Crippen LogP contribution in [0.2, 0.25) is 0 Å². The van der Waals surface area contributed by atoms with Gasteiger partial charge in [-0.15, -0.1) is 0 Å². The first kappa shape index (κ1) is 17.6. The summed E-state index contributed by atoms with van der Waals surface area (Å²) in [6.45, 7) is 8.65. The quantitative estimate of drug-likeness (QED) is 0.571. The van der Waals surface area contributed by atoms with Crippen LogP contribution >= 0.6 is 0 Å². The second-order valence-electron chi connectivity index (χ2n) is 6.29. The van der Waals surface area contributed by atoms with E-state index in [2.05, 4.69) is 18.7 Å². The van der Waals surface area contributed by atoms with Gasteiger partial charge in [-0.25, -0.2) is 4.79 Å². The van der Waals surface area contributed by atoms with E-state index >= 15 is 0 Å². The van der Waals surface area contributed by atoms with Gasteiger partial charge in [0.1, 0.15) is 0 Å². The zero-order chi connectivity index (χ0) is 16.8. The Morgan fingerprint density at radius 3 is 2.39 bits per heavy atom. The van der Waals surface area contributed by atoms with Crippen molar-refractivity contribution in [2.45, 2.75) is 46.1 Å². The van der Waals surface area contributed by atoms with Crippen molar-refractivity contribution in [3.05, 3.63) is 28.7 Å².